The summed E-state index contributed by atoms with van der Waals surface area (Å²) in [7, 11) is 0. The largest absolute Gasteiger partial charge is 0.395 e. The molecule has 1 aromatic rings. The van der Waals surface area contributed by atoms with Gasteiger partial charge in [0.25, 0.3) is 0 Å². The molecular formula is C9H10ClF4NO. The van der Waals surface area contributed by atoms with Gasteiger partial charge in [-0.05, 0) is 6.42 Å². The highest BCUT2D eigenvalue weighted by Gasteiger charge is 2.20. The third kappa shape index (κ3) is 3.07. The molecule has 0 amide bonds. The average Bonchev–Trinajstić information content (AvgIpc) is 2.21. The first-order valence-electron chi connectivity index (χ1n) is 4.15. The van der Waals surface area contributed by atoms with Crippen LogP contribution in [0.3, 0.4) is 0 Å². The minimum absolute atomic E-state index is 0. The maximum Gasteiger partial charge on any atom is 0.165 e. The summed E-state index contributed by atoms with van der Waals surface area (Å²) in [5.74, 6) is -5.90. The number of hydrogen-bond donors (Lipinski definition) is 2. The van der Waals surface area contributed by atoms with E-state index in [9.17, 15) is 17.6 Å². The Kier molecular flexibility index (Phi) is 5.71. The van der Waals surface area contributed by atoms with Crippen molar-refractivity contribution in [3.8, 4) is 0 Å². The number of rotatable bonds is 3. The SMILES string of the molecule is Cl.NC(CO)Cc1c(F)c(F)cc(F)c1F. The number of nitrogens with two attached hydrogens (primary N) is 1. The smallest absolute Gasteiger partial charge is 0.165 e. The van der Waals surface area contributed by atoms with E-state index in [1.165, 1.54) is 0 Å². The zero-order chi connectivity index (χ0) is 11.6. The van der Waals surface area contributed by atoms with Crippen LogP contribution in [0.5, 0.6) is 0 Å². The fourth-order valence-corrected chi connectivity index (χ4v) is 1.13. The molecule has 0 saturated carbocycles. The Morgan fingerprint density at radius 1 is 1.12 bits per heavy atom. The van der Waals surface area contributed by atoms with Crippen LogP contribution < -0.4 is 5.73 Å². The van der Waals surface area contributed by atoms with E-state index in [1.54, 1.807) is 0 Å². The monoisotopic (exact) mass is 259 g/mol. The second-order valence-corrected chi connectivity index (χ2v) is 3.09. The topological polar surface area (TPSA) is 46.2 Å². The van der Waals surface area contributed by atoms with Gasteiger partial charge in [0.15, 0.2) is 23.3 Å². The van der Waals surface area contributed by atoms with Crippen LogP contribution >= 0.6 is 12.4 Å². The van der Waals surface area contributed by atoms with Crippen LogP contribution in [-0.2, 0) is 6.42 Å². The Hall–Kier alpha value is -0.850. The van der Waals surface area contributed by atoms with Crippen LogP contribution in [0.25, 0.3) is 0 Å². The molecule has 2 nitrogen and oxygen atoms in total. The predicted octanol–water partition coefficient (Wildman–Crippen LogP) is 1.53. The number of hydrogen-bond acceptors (Lipinski definition) is 2. The molecule has 1 unspecified atom stereocenters. The van der Waals surface area contributed by atoms with Crippen LogP contribution in [0.1, 0.15) is 5.56 Å². The third-order valence-electron chi connectivity index (χ3n) is 1.90. The van der Waals surface area contributed by atoms with Crippen molar-refractivity contribution in [1.82, 2.24) is 0 Å². The lowest BCUT2D eigenvalue weighted by molar-refractivity contribution is 0.263. The molecule has 0 spiro atoms. The second kappa shape index (κ2) is 6.03. The fraction of sp³-hybridized carbons (Fsp3) is 0.333. The predicted molar refractivity (Wildman–Crippen MR) is 52.3 cm³/mol. The summed E-state index contributed by atoms with van der Waals surface area (Å²) in [6, 6.07) is -0.839. The van der Waals surface area contributed by atoms with Gasteiger partial charge in [-0.2, -0.15) is 0 Å². The maximum atomic E-state index is 13.0. The van der Waals surface area contributed by atoms with E-state index in [4.69, 9.17) is 10.8 Å². The van der Waals surface area contributed by atoms with Crippen molar-refractivity contribution >= 4 is 12.4 Å². The molecule has 1 atom stereocenters. The molecule has 7 heteroatoms. The van der Waals surface area contributed by atoms with Crippen LogP contribution in [0.2, 0.25) is 0 Å². The molecule has 0 radical (unpaired) electrons. The molecular weight excluding hydrogens is 250 g/mol. The van der Waals surface area contributed by atoms with Gasteiger partial charge < -0.3 is 10.8 Å². The molecule has 3 N–H and O–H groups in total. The van der Waals surface area contributed by atoms with Gasteiger partial charge in [0.1, 0.15) is 0 Å². The summed E-state index contributed by atoms with van der Waals surface area (Å²) in [4.78, 5) is 0. The number of benzene rings is 1. The van der Waals surface area contributed by atoms with Gasteiger partial charge in [0, 0.05) is 17.7 Å². The molecule has 0 aliphatic heterocycles. The van der Waals surface area contributed by atoms with E-state index in [0.717, 1.165) is 0 Å². The minimum Gasteiger partial charge on any atom is -0.395 e. The van der Waals surface area contributed by atoms with E-state index >= 15 is 0 Å². The van der Waals surface area contributed by atoms with E-state index in [0.29, 0.717) is 0 Å². The van der Waals surface area contributed by atoms with Gasteiger partial charge in [-0.3, -0.25) is 0 Å². The highest BCUT2D eigenvalue weighted by Crippen LogP contribution is 2.20. The first-order chi connectivity index (χ1) is 6.97. The van der Waals surface area contributed by atoms with E-state index < -0.39 is 47.9 Å². The summed E-state index contributed by atoms with van der Waals surface area (Å²) in [6.45, 7) is -0.531. The first kappa shape index (κ1) is 15.2. The lowest BCUT2D eigenvalue weighted by atomic mass is 10.1. The van der Waals surface area contributed by atoms with Gasteiger partial charge in [-0.25, -0.2) is 17.6 Å². The van der Waals surface area contributed by atoms with Crippen molar-refractivity contribution < 1.29 is 22.7 Å². The lowest BCUT2D eigenvalue weighted by Crippen LogP contribution is -2.28. The van der Waals surface area contributed by atoms with Gasteiger partial charge in [0.2, 0.25) is 0 Å². The molecule has 0 heterocycles. The van der Waals surface area contributed by atoms with Crippen molar-refractivity contribution in [1.29, 1.82) is 0 Å². The van der Waals surface area contributed by atoms with Crippen LogP contribution in [0.15, 0.2) is 6.07 Å². The highest BCUT2D eigenvalue weighted by atomic mass is 35.5. The lowest BCUT2D eigenvalue weighted by Gasteiger charge is -2.10. The first-order valence-corrected chi connectivity index (χ1v) is 4.15. The normalized spacial score (nSPS) is 12.1. The molecule has 0 bridgehead atoms. The second-order valence-electron chi connectivity index (χ2n) is 3.09. The third-order valence-corrected chi connectivity index (χ3v) is 1.90. The molecule has 92 valence electrons. The van der Waals surface area contributed by atoms with Gasteiger partial charge in [0.05, 0.1) is 6.61 Å². The van der Waals surface area contributed by atoms with Crippen molar-refractivity contribution in [3.05, 3.63) is 34.9 Å². The standard InChI is InChI=1S/C9H9F4NO.ClH/c10-6-2-7(11)9(13)5(8(6)12)1-4(14)3-15;/h2,4,15H,1,3,14H2;1H. The summed E-state index contributed by atoms with van der Waals surface area (Å²) >= 11 is 0. The highest BCUT2D eigenvalue weighted by molar-refractivity contribution is 5.85. The zero-order valence-electron chi connectivity index (χ0n) is 8.01. The number of halogens is 5. The Labute approximate surface area is 95.5 Å². The Bertz CT molecular complexity index is 349. The molecule has 0 aliphatic rings. The van der Waals surface area contributed by atoms with Crippen molar-refractivity contribution in [3.63, 3.8) is 0 Å². The van der Waals surface area contributed by atoms with Crippen LogP contribution in [0.4, 0.5) is 17.6 Å². The number of aliphatic hydroxyl groups excluding tert-OH is 1. The summed E-state index contributed by atoms with van der Waals surface area (Å²) in [5, 5.41) is 8.56. The van der Waals surface area contributed by atoms with Gasteiger partial charge >= 0.3 is 0 Å². The molecule has 16 heavy (non-hydrogen) atoms. The van der Waals surface area contributed by atoms with E-state index in [1.807, 2.05) is 0 Å². The molecule has 1 aromatic carbocycles. The summed E-state index contributed by atoms with van der Waals surface area (Å²) in [6.07, 6.45) is -0.469. The van der Waals surface area contributed by atoms with Crippen LogP contribution in [-0.4, -0.2) is 17.8 Å². The fourth-order valence-electron chi connectivity index (χ4n) is 1.13. The Morgan fingerprint density at radius 3 is 1.94 bits per heavy atom. The molecule has 0 aliphatic carbocycles. The molecule has 0 fully saturated rings. The average molecular weight is 260 g/mol. The van der Waals surface area contributed by atoms with Crippen molar-refractivity contribution in [2.24, 2.45) is 5.73 Å². The summed E-state index contributed by atoms with van der Waals surface area (Å²) < 4.78 is 51.4. The summed E-state index contributed by atoms with van der Waals surface area (Å²) in [5.41, 5.74) is 4.43. The minimum atomic E-state index is -1.48. The van der Waals surface area contributed by atoms with Gasteiger partial charge in [-0.15, -0.1) is 12.4 Å². The Balaban J connectivity index is 0.00000225. The Morgan fingerprint density at radius 2 is 1.56 bits per heavy atom. The van der Waals surface area contributed by atoms with Gasteiger partial charge in [-0.1, -0.05) is 0 Å². The van der Waals surface area contributed by atoms with E-state index in [2.05, 4.69) is 0 Å². The van der Waals surface area contributed by atoms with E-state index in [-0.39, 0.29) is 18.5 Å². The number of aliphatic hydroxyl groups is 1. The molecule has 0 aromatic heterocycles. The quantitative estimate of drug-likeness (QED) is 0.639. The molecule has 0 saturated heterocycles. The maximum absolute atomic E-state index is 13.0. The van der Waals surface area contributed by atoms with Crippen molar-refractivity contribution in [2.45, 2.75) is 12.5 Å². The van der Waals surface area contributed by atoms with Crippen LogP contribution in [0, 0.1) is 23.3 Å². The van der Waals surface area contributed by atoms with Crippen molar-refractivity contribution in [2.75, 3.05) is 6.61 Å². The molecule has 1 rings (SSSR count). The zero-order valence-corrected chi connectivity index (χ0v) is 8.83.